The highest BCUT2D eigenvalue weighted by Crippen LogP contribution is 3.08. The third-order valence-corrected chi connectivity index (χ3v) is 9.88. The summed E-state index contributed by atoms with van der Waals surface area (Å²) in [5.74, 6) is 0. The molecule has 1 aliphatic rings. The van der Waals surface area contributed by atoms with Gasteiger partial charge in [-0.15, -0.1) is 5.10 Å². The molecule has 0 amide bonds. The fraction of sp³-hybridized carbons (Fsp3) is 0. The Bertz CT molecular complexity index is 237. The molecule has 0 spiro atoms. The van der Waals surface area contributed by atoms with E-state index in [-0.39, 0.29) is 4.50 Å². The number of hydrogen-bond donors (Lipinski definition) is 1. The first-order valence-corrected chi connectivity index (χ1v) is 8.46. The van der Waals surface area contributed by atoms with Crippen LogP contribution < -0.4 is 5.53 Å². The van der Waals surface area contributed by atoms with Crippen LogP contribution in [0, 0.1) is 0 Å². The average molecular weight is 300 g/mol. The molecule has 0 bridgehead atoms. The van der Waals surface area contributed by atoms with Crippen molar-refractivity contribution in [1.29, 1.82) is 0 Å². The lowest BCUT2D eigenvalue weighted by Crippen LogP contribution is -2.30. The van der Waals surface area contributed by atoms with Crippen molar-refractivity contribution in [3.63, 3.8) is 0 Å². The molecule has 0 aromatic carbocycles. The molecule has 0 aromatic rings. The van der Waals surface area contributed by atoms with Crippen molar-refractivity contribution in [3.05, 3.63) is 0 Å². The third-order valence-electron chi connectivity index (χ3n) is 0.869. The van der Waals surface area contributed by atoms with Crippen LogP contribution in [0.15, 0.2) is 5.10 Å². The Labute approximate surface area is 90.0 Å². The molecule has 0 fully saturated rings. The van der Waals surface area contributed by atoms with E-state index in [0.717, 1.165) is 0 Å². The molecule has 1 heterocycles. The third kappa shape index (κ3) is 1.48. The van der Waals surface area contributed by atoms with Crippen LogP contribution in [0.2, 0.25) is 0 Å². The Morgan fingerprint density at radius 3 is 1.82 bits per heavy atom. The first kappa shape index (κ1) is 10.6. The quantitative estimate of drug-likeness (QED) is 0.688. The summed E-state index contributed by atoms with van der Waals surface area (Å²) in [6.07, 6.45) is 0. The van der Waals surface area contributed by atoms with Crippen molar-refractivity contribution in [2.45, 2.75) is 0 Å². The molecule has 1 rings (SSSR count). The second-order valence-corrected chi connectivity index (χ2v) is 17.6. The molecule has 68 valence electrons. The van der Waals surface area contributed by atoms with Crippen molar-refractivity contribution >= 4 is 75.9 Å². The SMILES string of the molecule is ClC1=NNN(Cl)S1(Cl)(Cl)(Cl)Cl. The van der Waals surface area contributed by atoms with Gasteiger partial charge in [-0.1, -0.05) is 11.6 Å². The number of nitrogens with zero attached hydrogens (tertiary/aromatic N) is 2. The maximum absolute atomic E-state index is 5.66. The van der Waals surface area contributed by atoms with Crippen LogP contribution in [-0.2, 0) is 0 Å². The lowest BCUT2D eigenvalue weighted by Gasteiger charge is -2.53. The summed E-state index contributed by atoms with van der Waals surface area (Å²) in [5.41, 5.74) is 2.12. The molecular weight excluding hydrogens is 299 g/mol. The van der Waals surface area contributed by atoms with E-state index in [0.29, 0.717) is 3.93 Å². The zero-order chi connectivity index (χ0) is 8.98. The molecule has 0 unspecified atom stereocenters. The van der Waals surface area contributed by atoms with Gasteiger partial charge in [0.1, 0.15) is 0 Å². The van der Waals surface area contributed by atoms with Crippen LogP contribution in [-0.4, -0.2) is 8.44 Å². The second-order valence-electron chi connectivity index (χ2n) is 1.74. The zero-order valence-electron chi connectivity index (χ0n) is 4.57. The Morgan fingerprint density at radius 2 is 1.73 bits per heavy atom. The smallest absolute Gasteiger partial charge is 0.212 e. The van der Waals surface area contributed by atoms with Crippen LogP contribution in [0.3, 0.4) is 0 Å². The summed E-state index contributed by atoms with van der Waals surface area (Å²) in [4.78, 5) is 0. The molecule has 0 saturated heterocycles. The summed E-state index contributed by atoms with van der Waals surface area (Å²) in [6.45, 7) is 0. The fourth-order valence-corrected chi connectivity index (χ4v) is 2.24. The van der Waals surface area contributed by atoms with Crippen molar-refractivity contribution in [1.82, 2.24) is 9.47 Å². The molecule has 0 saturated carbocycles. The summed E-state index contributed by atoms with van der Waals surface area (Å²) in [6, 6.07) is 0. The van der Waals surface area contributed by atoms with E-state index in [1.165, 1.54) is 0 Å². The molecule has 11 heavy (non-hydrogen) atoms. The average Bonchev–Trinajstić information content (AvgIpc) is 1.90. The second kappa shape index (κ2) is 2.12. The van der Waals surface area contributed by atoms with Gasteiger partial charge in [0.15, 0.2) is 0 Å². The molecule has 0 aliphatic carbocycles. The van der Waals surface area contributed by atoms with Gasteiger partial charge in [-0.25, -0.2) is 5.53 Å². The topological polar surface area (TPSA) is 27.6 Å². The van der Waals surface area contributed by atoms with Crippen LogP contribution in [0.1, 0.15) is 0 Å². The summed E-state index contributed by atoms with van der Waals surface area (Å²) < 4.78 is 0.167. The van der Waals surface area contributed by atoms with E-state index in [2.05, 4.69) is 10.6 Å². The number of hydrazone groups is 1. The molecule has 0 aromatic heterocycles. The number of hydrogen-bond acceptors (Lipinski definition) is 3. The van der Waals surface area contributed by atoms with Gasteiger partial charge >= 0.3 is 0 Å². The maximum atomic E-state index is 5.66. The molecule has 0 atom stereocenters. The van der Waals surface area contributed by atoms with Gasteiger partial charge in [0.2, 0.25) is 4.50 Å². The summed E-state index contributed by atoms with van der Waals surface area (Å²) in [7, 11) is 22.6. The Morgan fingerprint density at radius 1 is 1.27 bits per heavy atom. The van der Waals surface area contributed by atoms with Crippen LogP contribution in [0.4, 0.5) is 0 Å². The number of halogens is 6. The lowest BCUT2D eigenvalue weighted by atomic mass is 11.7. The van der Waals surface area contributed by atoms with Crippen molar-refractivity contribution in [3.8, 4) is 0 Å². The van der Waals surface area contributed by atoms with E-state index in [4.69, 9.17) is 66.1 Å². The van der Waals surface area contributed by atoms with Gasteiger partial charge in [-0.05, 0) is 46.7 Å². The minimum atomic E-state index is -4.75. The summed E-state index contributed by atoms with van der Waals surface area (Å²) >= 11 is 10.9. The van der Waals surface area contributed by atoms with Gasteiger partial charge in [0.25, 0.3) is 0 Å². The fourth-order valence-electron chi connectivity index (χ4n) is 0.316. The number of hydrazine groups is 1. The first-order valence-electron chi connectivity index (χ1n) is 2.03. The molecular formula is CHCl6N3S. The van der Waals surface area contributed by atoms with Gasteiger partial charge < -0.3 is 0 Å². The highest BCUT2D eigenvalue weighted by molar-refractivity contribution is 9.20. The molecule has 1 N–H and O–H groups in total. The van der Waals surface area contributed by atoms with Gasteiger partial charge in [0.05, 0.1) is 5.33 Å². The van der Waals surface area contributed by atoms with Crippen molar-refractivity contribution < 1.29 is 0 Å². The number of rotatable bonds is 0. The van der Waals surface area contributed by atoms with Crippen LogP contribution >= 0.6 is 71.4 Å². The zero-order valence-corrected chi connectivity index (χ0v) is 9.92. The largest absolute Gasteiger partial charge is 0.214 e. The molecule has 3 nitrogen and oxygen atoms in total. The Balaban J connectivity index is 3.33. The van der Waals surface area contributed by atoms with Crippen molar-refractivity contribution in [2.24, 2.45) is 5.10 Å². The lowest BCUT2D eigenvalue weighted by molar-refractivity contribution is 0.557. The minimum absolute atomic E-state index is 0.383. The van der Waals surface area contributed by atoms with E-state index >= 15 is 0 Å². The van der Waals surface area contributed by atoms with Gasteiger partial charge in [-0.3, -0.25) is 0 Å². The van der Waals surface area contributed by atoms with E-state index in [1.54, 1.807) is 0 Å². The minimum Gasteiger partial charge on any atom is -0.212 e. The number of nitrogens with one attached hydrogen (secondary N) is 1. The summed E-state index contributed by atoms with van der Waals surface area (Å²) in [5, 5.41) is -1.39. The molecule has 0 radical (unpaired) electrons. The standard InChI is InChI=1S/CHCl6N3S/c2-1-8-9-10(3)11(1,4,5,6)7/h9H. The maximum Gasteiger partial charge on any atom is 0.214 e. The highest BCUT2D eigenvalue weighted by atomic mass is 36.4. The Kier molecular flexibility index (Phi) is 2.04. The first-order chi connectivity index (χ1) is 4.58. The van der Waals surface area contributed by atoms with E-state index < -0.39 is 5.33 Å². The van der Waals surface area contributed by atoms with Gasteiger partial charge in [0, 0.05) is 11.8 Å². The monoisotopic (exact) mass is 297 g/mol. The van der Waals surface area contributed by atoms with Crippen LogP contribution in [0.25, 0.3) is 0 Å². The van der Waals surface area contributed by atoms with Gasteiger partial charge in [-0.2, -0.15) is 0 Å². The highest BCUT2D eigenvalue weighted by Gasteiger charge is 2.68. The van der Waals surface area contributed by atoms with Crippen LogP contribution in [0.5, 0.6) is 0 Å². The predicted octanol–water partition coefficient (Wildman–Crippen LogP) is 3.88. The normalized spacial score (nSPS) is 38.9. The molecule has 1 aliphatic heterocycles. The van der Waals surface area contributed by atoms with E-state index in [1.807, 2.05) is 0 Å². The van der Waals surface area contributed by atoms with Crippen molar-refractivity contribution in [2.75, 3.05) is 0 Å². The predicted molar refractivity (Wildman–Crippen MR) is 55.1 cm³/mol. The molecule has 10 heteroatoms. The Hall–Kier alpha value is 1.52. The van der Waals surface area contributed by atoms with E-state index in [9.17, 15) is 0 Å².